The Morgan fingerprint density at radius 3 is 1.62 bits per heavy atom. The molecule has 10 heteroatoms. The molecule has 0 N–H and O–H groups in total. The highest BCUT2D eigenvalue weighted by molar-refractivity contribution is 5.88. The summed E-state index contributed by atoms with van der Waals surface area (Å²) in [7, 11) is 0. The lowest BCUT2D eigenvalue weighted by molar-refractivity contribution is -0.149. The first-order valence-corrected chi connectivity index (χ1v) is 18.8. The molecule has 8 rings (SSSR count). The average molecular weight is 649 g/mol. The predicted molar refractivity (Wildman–Crippen MR) is 174 cm³/mol. The number of fused-ring (bicyclic) bond motifs is 6. The number of rotatable bonds is 10. The average Bonchev–Trinajstić information content (AvgIpc) is 3.76. The monoisotopic (exact) mass is 648 g/mol. The first kappa shape index (κ1) is 31.5. The van der Waals surface area contributed by atoms with Gasteiger partial charge < -0.3 is 19.3 Å². The normalized spacial score (nSPS) is 38.4. The summed E-state index contributed by atoms with van der Waals surface area (Å²) in [5.74, 6) is -0.218. The SMILES string of the molecule is CCCN(C(=O)CCCC(=O)N(CCC)[C@H]1CC2=CC(=O)O[C@@]23C[C@@H]1N1CCCC[C@@H]13)[C@@H]1CC2=CC(=O)O[C@@]23C[C@@H]1N1CCCC[C@@H]13. The summed E-state index contributed by atoms with van der Waals surface area (Å²) in [6.45, 7) is 7.59. The minimum absolute atomic E-state index is 0.0266. The van der Waals surface area contributed by atoms with Crippen LogP contribution in [0.1, 0.15) is 110 Å². The number of nitrogens with zero attached hydrogens (tertiary/aromatic N) is 4. The zero-order valence-electron chi connectivity index (χ0n) is 28.3. The van der Waals surface area contributed by atoms with E-state index in [0.29, 0.717) is 45.2 Å². The Kier molecular flexibility index (Phi) is 8.06. The van der Waals surface area contributed by atoms with Gasteiger partial charge in [0.05, 0.1) is 24.2 Å². The molecular weight excluding hydrogens is 596 g/mol. The lowest BCUT2D eigenvalue weighted by Crippen LogP contribution is -2.54. The Bertz CT molecular complexity index is 1290. The van der Waals surface area contributed by atoms with Gasteiger partial charge in [-0.25, -0.2) is 9.59 Å². The van der Waals surface area contributed by atoms with Crippen molar-refractivity contribution in [1.29, 1.82) is 0 Å². The zero-order chi connectivity index (χ0) is 32.5. The van der Waals surface area contributed by atoms with E-state index in [4.69, 9.17) is 9.47 Å². The Balaban J connectivity index is 0.955. The maximum Gasteiger partial charge on any atom is 0.331 e. The Labute approximate surface area is 278 Å². The van der Waals surface area contributed by atoms with Gasteiger partial charge >= 0.3 is 11.9 Å². The summed E-state index contributed by atoms with van der Waals surface area (Å²) >= 11 is 0. The molecule has 2 saturated carbocycles. The van der Waals surface area contributed by atoms with E-state index in [1.165, 1.54) is 0 Å². The molecule has 47 heavy (non-hydrogen) atoms. The van der Waals surface area contributed by atoms with Crippen LogP contribution >= 0.6 is 0 Å². The van der Waals surface area contributed by atoms with Crippen molar-refractivity contribution in [2.24, 2.45) is 0 Å². The topological polar surface area (TPSA) is 99.7 Å². The van der Waals surface area contributed by atoms with Crippen molar-refractivity contribution in [1.82, 2.24) is 19.6 Å². The second-order valence-electron chi connectivity index (χ2n) is 15.6. The number of piperidine rings is 2. The molecule has 4 bridgehead atoms. The van der Waals surface area contributed by atoms with Crippen molar-refractivity contribution >= 4 is 23.8 Å². The van der Waals surface area contributed by atoms with Crippen LogP contribution in [0.4, 0.5) is 0 Å². The Morgan fingerprint density at radius 2 is 1.19 bits per heavy atom. The highest BCUT2D eigenvalue weighted by Gasteiger charge is 2.66. The molecular formula is C37H52N4O6. The standard InChI is InChI=1S/C37H52N4O6/c1-3-14-40(26-18-24-20-34(44)46-36(24)22-28(26)38-16-7-5-10-30(36)38)32(42)12-9-13-33(43)41(15-4-2)27-19-25-21-35(45)47-37(25)23-29(27)39-17-8-6-11-31(37)39/h20-21,26-31H,3-19,22-23H2,1-2H3/t26-,27+,28-,29-,30+,31+,36-,37-/m0/s1. The summed E-state index contributed by atoms with van der Waals surface area (Å²) in [6.07, 6.45) is 16.0. The minimum atomic E-state index is -0.491. The molecule has 4 saturated heterocycles. The maximum atomic E-state index is 14.0. The van der Waals surface area contributed by atoms with Gasteiger partial charge in [0.15, 0.2) is 11.2 Å². The van der Waals surface area contributed by atoms with E-state index in [2.05, 4.69) is 33.4 Å². The van der Waals surface area contributed by atoms with E-state index >= 15 is 0 Å². The number of esters is 2. The molecule has 0 aromatic rings. The third-order valence-electron chi connectivity index (χ3n) is 13.2. The summed E-state index contributed by atoms with van der Waals surface area (Å²) in [4.78, 5) is 62.4. The van der Waals surface area contributed by atoms with Crippen LogP contribution in [-0.4, -0.2) is 117 Å². The van der Waals surface area contributed by atoms with Gasteiger partial charge in [0.2, 0.25) is 11.8 Å². The lowest BCUT2D eigenvalue weighted by Gasteiger charge is -2.42. The van der Waals surface area contributed by atoms with Crippen molar-refractivity contribution in [3.05, 3.63) is 23.3 Å². The summed E-state index contributed by atoms with van der Waals surface area (Å²) in [5.41, 5.74) is 1.19. The van der Waals surface area contributed by atoms with Crippen LogP contribution in [0.2, 0.25) is 0 Å². The van der Waals surface area contributed by atoms with Crippen molar-refractivity contribution in [2.45, 2.75) is 158 Å². The molecule has 2 amide bonds. The van der Waals surface area contributed by atoms with Gasteiger partial charge in [-0.15, -0.1) is 0 Å². The van der Waals surface area contributed by atoms with E-state index < -0.39 is 11.2 Å². The fraction of sp³-hybridized carbons (Fsp3) is 0.784. The fourth-order valence-corrected chi connectivity index (χ4v) is 11.5. The number of ether oxygens (including phenoxy) is 2. The molecule has 10 nitrogen and oxygen atoms in total. The van der Waals surface area contributed by atoms with Gasteiger partial charge in [0, 0.05) is 63.0 Å². The highest BCUT2D eigenvalue weighted by atomic mass is 16.6. The fourth-order valence-electron chi connectivity index (χ4n) is 11.5. The molecule has 0 aromatic heterocycles. The molecule has 2 aliphatic carbocycles. The summed E-state index contributed by atoms with van der Waals surface area (Å²) < 4.78 is 12.1. The number of carbonyl (C=O) groups excluding carboxylic acids is 4. The Hall–Kier alpha value is -2.72. The van der Waals surface area contributed by atoms with E-state index in [9.17, 15) is 19.2 Å². The van der Waals surface area contributed by atoms with Crippen molar-refractivity contribution < 1.29 is 28.7 Å². The highest BCUT2D eigenvalue weighted by Crippen LogP contribution is 2.56. The molecule has 8 aliphatic rings. The number of hydrogen-bond donors (Lipinski definition) is 0. The lowest BCUT2D eigenvalue weighted by atomic mass is 9.75. The molecule has 6 fully saturated rings. The van der Waals surface area contributed by atoms with Gasteiger partial charge in [-0.3, -0.25) is 19.4 Å². The third-order valence-corrected chi connectivity index (χ3v) is 13.2. The first-order valence-electron chi connectivity index (χ1n) is 18.8. The van der Waals surface area contributed by atoms with Crippen LogP contribution in [0, 0.1) is 0 Å². The molecule has 256 valence electrons. The van der Waals surface area contributed by atoms with Gasteiger partial charge in [-0.2, -0.15) is 0 Å². The van der Waals surface area contributed by atoms with Crippen LogP contribution in [0.25, 0.3) is 0 Å². The van der Waals surface area contributed by atoms with Gasteiger partial charge in [0.1, 0.15) is 0 Å². The largest absolute Gasteiger partial charge is 0.450 e. The van der Waals surface area contributed by atoms with E-state index in [1.54, 1.807) is 12.2 Å². The first-order chi connectivity index (χ1) is 22.8. The molecule has 6 heterocycles. The van der Waals surface area contributed by atoms with Crippen molar-refractivity contribution in [3.8, 4) is 0 Å². The zero-order valence-corrected chi connectivity index (χ0v) is 28.3. The number of hydrogen-bond acceptors (Lipinski definition) is 8. The maximum absolute atomic E-state index is 14.0. The van der Waals surface area contributed by atoms with Crippen LogP contribution < -0.4 is 0 Å². The Morgan fingerprint density at radius 1 is 0.745 bits per heavy atom. The van der Waals surface area contributed by atoms with Crippen LogP contribution in [0.3, 0.4) is 0 Å². The second-order valence-corrected chi connectivity index (χ2v) is 15.6. The van der Waals surface area contributed by atoms with E-state index in [0.717, 1.165) is 88.4 Å². The predicted octanol–water partition coefficient (Wildman–Crippen LogP) is 3.88. The molecule has 0 aromatic carbocycles. The van der Waals surface area contributed by atoms with Crippen LogP contribution in [0.5, 0.6) is 0 Å². The third kappa shape index (κ3) is 4.85. The van der Waals surface area contributed by atoms with E-state index in [-0.39, 0.29) is 60.0 Å². The smallest absolute Gasteiger partial charge is 0.331 e. The van der Waals surface area contributed by atoms with E-state index in [1.807, 2.05) is 0 Å². The molecule has 8 atom stereocenters. The molecule has 6 aliphatic heterocycles. The van der Waals surface area contributed by atoms with Gasteiger partial charge in [-0.05, 0) is 82.0 Å². The van der Waals surface area contributed by atoms with Crippen molar-refractivity contribution in [2.75, 3.05) is 26.2 Å². The van der Waals surface area contributed by atoms with Crippen LogP contribution in [-0.2, 0) is 28.7 Å². The molecule has 0 unspecified atom stereocenters. The molecule has 2 spiro atoms. The van der Waals surface area contributed by atoms with Crippen molar-refractivity contribution in [3.63, 3.8) is 0 Å². The summed E-state index contributed by atoms with van der Waals surface area (Å²) in [5, 5.41) is 0. The second kappa shape index (κ2) is 12.0. The minimum Gasteiger partial charge on any atom is -0.450 e. The quantitative estimate of drug-likeness (QED) is 0.330. The van der Waals surface area contributed by atoms with Gasteiger partial charge in [0.25, 0.3) is 0 Å². The van der Waals surface area contributed by atoms with Gasteiger partial charge in [-0.1, -0.05) is 26.7 Å². The van der Waals surface area contributed by atoms with Crippen LogP contribution in [0.15, 0.2) is 23.3 Å². The summed E-state index contributed by atoms with van der Waals surface area (Å²) in [6, 6.07) is 0.894. The number of amides is 2. The number of carbonyl (C=O) groups is 4. The molecule has 0 radical (unpaired) electrons.